The van der Waals surface area contributed by atoms with Crippen molar-refractivity contribution in [3.8, 4) is 0 Å². The molecule has 4 saturated carbocycles. The van der Waals surface area contributed by atoms with Gasteiger partial charge in [0.1, 0.15) is 6.33 Å². The molecule has 142 valence electrons. The van der Waals surface area contributed by atoms with Crippen LogP contribution in [-0.2, 0) is 11.3 Å². The van der Waals surface area contributed by atoms with Crippen LogP contribution in [0, 0.1) is 17.8 Å². The summed E-state index contributed by atoms with van der Waals surface area (Å²) in [4.78, 5) is 17.4. The number of tetrazole rings is 1. The van der Waals surface area contributed by atoms with E-state index in [1.54, 1.807) is 11.0 Å². The largest absolute Gasteiger partial charge is 0.340 e. The fraction of sp³-hybridized carbons (Fsp3) is 0.895. The molecule has 4 aliphatic carbocycles. The maximum absolute atomic E-state index is 12.5. The van der Waals surface area contributed by atoms with Crippen LogP contribution < -0.4 is 0 Å². The quantitative estimate of drug-likeness (QED) is 0.799. The Kier molecular flexibility index (Phi) is 4.22. The summed E-state index contributed by atoms with van der Waals surface area (Å²) < 4.78 is 1.69. The summed E-state index contributed by atoms with van der Waals surface area (Å²) in [5.41, 5.74) is 0.490. The lowest BCUT2D eigenvalue weighted by Gasteiger charge is -2.61. The Morgan fingerprint density at radius 2 is 1.65 bits per heavy atom. The van der Waals surface area contributed by atoms with Crippen molar-refractivity contribution in [1.29, 1.82) is 0 Å². The van der Waals surface area contributed by atoms with Gasteiger partial charge in [-0.25, -0.2) is 4.68 Å². The molecule has 6 rings (SSSR count). The van der Waals surface area contributed by atoms with Crippen LogP contribution in [-0.4, -0.2) is 67.6 Å². The molecule has 7 heteroatoms. The van der Waals surface area contributed by atoms with Crippen LogP contribution in [0.25, 0.3) is 0 Å². The average Bonchev–Trinajstić information content (AvgIpc) is 3.14. The van der Waals surface area contributed by atoms with Gasteiger partial charge in [-0.1, -0.05) is 0 Å². The van der Waals surface area contributed by atoms with Crippen LogP contribution in [0.1, 0.15) is 51.4 Å². The third-order valence-electron chi connectivity index (χ3n) is 7.48. The van der Waals surface area contributed by atoms with E-state index in [-0.39, 0.29) is 0 Å². The van der Waals surface area contributed by atoms with Crippen LogP contribution in [0.3, 0.4) is 0 Å². The molecule has 0 spiro atoms. The third-order valence-corrected chi connectivity index (χ3v) is 7.48. The molecular formula is C19H30N6O. The highest BCUT2D eigenvalue weighted by Crippen LogP contribution is 2.57. The van der Waals surface area contributed by atoms with Gasteiger partial charge in [-0.3, -0.25) is 9.69 Å². The molecule has 26 heavy (non-hydrogen) atoms. The Labute approximate surface area is 155 Å². The minimum absolute atomic E-state index is 0.295. The Balaban J connectivity index is 1.12. The number of aromatic nitrogens is 4. The highest BCUT2D eigenvalue weighted by atomic mass is 16.2. The molecule has 0 aromatic carbocycles. The van der Waals surface area contributed by atoms with E-state index >= 15 is 0 Å². The predicted molar refractivity (Wildman–Crippen MR) is 96.1 cm³/mol. The SMILES string of the molecule is O=C(CCCn1cnnn1)N1CCN(C23CC4CC(CC(C4)C2)C3)CC1. The van der Waals surface area contributed by atoms with E-state index in [1.165, 1.54) is 38.5 Å². The summed E-state index contributed by atoms with van der Waals surface area (Å²) in [5.74, 6) is 3.27. The Hall–Kier alpha value is -1.50. The van der Waals surface area contributed by atoms with Gasteiger partial charge in [0.2, 0.25) is 5.91 Å². The number of carbonyl (C=O) groups excluding carboxylic acids is 1. The molecule has 5 fully saturated rings. The van der Waals surface area contributed by atoms with Crippen molar-refractivity contribution in [1.82, 2.24) is 30.0 Å². The summed E-state index contributed by atoms with van der Waals surface area (Å²) in [6, 6.07) is 0. The fourth-order valence-corrected chi connectivity index (χ4v) is 6.72. The lowest BCUT2D eigenvalue weighted by Crippen LogP contribution is -2.64. The standard InChI is InChI=1S/C19H30N6O/c26-18(2-1-3-25-14-20-21-22-25)23-4-6-24(7-5-23)19-11-15-8-16(12-19)10-17(9-15)13-19/h14-17H,1-13H2. The number of nitrogens with zero attached hydrogens (tertiary/aromatic N) is 6. The molecule has 1 saturated heterocycles. The van der Waals surface area contributed by atoms with Crippen LogP contribution in [0.2, 0.25) is 0 Å². The summed E-state index contributed by atoms with van der Waals surface area (Å²) >= 11 is 0. The normalized spacial score (nSPS) is 36.6. The minimum atomic E-state index is 0.295. The first kappa shape index (κ1) is 16.7. The third kappa shape index (κ3) is 3.04. The van der Waals surface area contributed by atoms with Gasteiger partial charge in [-0.15, -0.1) is 5.10 Å². The second-order valence-electron chi connectivity index (χ2n) is 9.19. The first-order valence-electron chi connectivity index (χ1n) is 10.4. The Bertz CT molecular complexity index is 601. The van der Waals surface area contributed by atoms with Crippen molar-refractivity contribution in [3.63, 3.8) is 0 Å². The van der Waals surface area contributed by atoms with Gasteiger partial charge < -0.3 is 4.90 Å². The van der Waals surface area contributed by atoms with Crippen molar-refractivity contribution in [3.05, 3.63) is 6.33 Å². The van der Waals surface area contributed by atoms with Crippen molar-refractivity contribution < 1.29 is 4.79 Å². The molecule has 0 N–H and O–H groups in total. The van der Waals surface area contributed by atoms with E-state index < -0.39 is 0 Å². The number of hydrogen-bond donors (Lipinski definition) is 0. The second kappa shape index (κ2) is 6.59. The molecule has 0 atom stereocenters. The molecule has 0 unspecified atom stereocenters. The summed E-state index contributed by atoms with van der Waals surface area (Å²) in [5, 5.41) is 11.1. The first-order chi connectivity index (χ1) is 12.7. The summed E-state index contributed by atoms with van der Waals surface area (Å²) in [6.07, 6.45) is 11.8. The molecule has 1 amide bonds. The first-order valence-corrected chi connectivity index (χ1v) is 10.4. The van der Waals surface area contributed by atoms with Gasteiger partial charge in [0, 0.05) is 44.7 Å². The zero-order valence-corrected chi connectivity index (χ0v) is 15.6. The number of amides is 1. The molecule has 2 heterocycles. The van der Waals surface area contributed by atoms with E-state index in [9.17, 15) is 4.79 Å². The number of carbonyl (C=O) groups is 1. The van der Waals surface area contributed by atoms with Crippen LogP contribution in [0.15, 0.2) is 6.33 Å². The summed E-state index contributed by atoms with van der Waals surface area (Å²) in [7, 11) is 0. The maximum atomic E-state index is 12.5. The molecule has 5 aliphatic rings. The van der Waals surface area contributed by atoms with Crippen LogP contribution in [0.5, 0.6) is 0 Å². The Morgan fingerprint density at radius 3 is 2.23 bits per heavy atom. The van der Waals surface area contributed by atoms with E-state index in [0.717, 1.165) is 50.4 Å². The van der Waals surface area contributed by atoms with Gasteiger partial charge in [-0.05, 0) is 73.1 Å². The topological polar surface area (TPSA) is 67.2 Å². The Morgan fingerprint density at radius 1 is 1.00 bits per heavy atom. The average molecular weight is 358 g/mol. The molecule has 7 nitrogen and oxygen atoms in total. The lowest BCUT2D eigenvalue weighted by molar-refractivity contribution is -0.138. The van der Waals surface area contributed by atoms with Crippen LogP contribution in [0.4, 0.5) is 0 Å². The predicted octanol–water partition coefficient (Wildman–Crippen LogP) is 1.57. The van der Waals surface area contributed by atoms with Crippen molar-refractivity contribution in [2.45, 2.75) is 63.5 Å². The van der Waals surface area contributed by atoms with Gasteiger partial charge in [0.05, 0.1) is 0 Å². The molecule has 1 aromatic heterocycles. The number of piperazine rings is 1. The van der Waals surface area contributed by atoms with E-state index in [4.69, 9.17) is 0 Å². The zero-order valence-electron chi connectivity index (χ0n) is 15.6. The molecule has 4 bridgehead atoms. The highest BCUT2D eigenvalue weighted by Gasteiger charge is 2.53. The smallest absolute Gasteiger partial charge is 0.222 e. The van der Waals surface area contributed by atoms with Gasteiger partial charge >= 0.3 is 0 Å². The van der Waals surface area contributed by atoms with Crippen molar-refractivity contribution in [2.75, 3.05) is 26.2 Å². The van der Waals surface area contributed by atoms with Crippen molar-refractivity contribution >= 4 is 5.91 Å². The molecule has 1 aliphatic heterocycles. The van der Waals surface area contributed by atoms with E-state index in [2.05, 4.69) is 25.3 Å². The molecule has 1 aromatic rings. The molecular weight excluding hydrogens is 328 g/mol. The number of aryl methyl sites for hydroxylation is 1. The maximum Gasteiger partial charge on any atom is 0.222 e. The molecule has 0 radical (unpaired) electrons. The van der Waals surface area contributed by atoms with Crippen molar-refractivity contribution in [2.24, 2.45) is 17.8 Å². The van der Waals surface area contributed by atoms with Gasteiger partial charge in [0.25, 0.3) is 0 Å². The lowest BCUT2D eigenvalue weighted by atomic mass is 9.52. The number of hydrogen-bond acceptors (Lipinski definition) is 5. The van der Waals surface area contributed by atoms with E-state index in [1.807, 2.05) is 0 Å². The van der Waals surface area contributed by atoms with Gasteiger partial charge in [0.15, 0.2) is 0 Å². The summed E-state index contributed by atoms with van der Waals surface area (Å²) in [6.45, 7) is 4.68. The second-order valence-corrected chi connectivity index (χ2v) is 9.19. The zero-order chi connectivity index (χ0) is 17.6. The van der Waals surface area contributed by atoms with Crippen LogP contribution >= 0.6 is 0 Å². The number of rotatable bonds is 5. The minimum Gasteiger partial charge on any atom is -0.340 e. The van der Waals surface area contributed by atoms with Gasteiger partial charge in [-0.2, -0.15) is 0 Å². The van der Waals surface area contributed by atoms with E-state index in [0.29, 0.717) is 24.4 Å². The monoisotopic (exact) mass is 358 g/mol. The highest BCUT2D eigenvalue weighted by molar-refractivity contribution is 5.76. The fourth-order valence-electron chi connectivity index (χ4n) is 6.72.